The Morgan fingerprint density at radius 1 is 0.850 bits per heavy atom. The Morgan fingerprint density at radius 3 is 1.85 bits per heavy atom. The van der Waals surface area contributed by atoms with Crippen molar-refractivity contribution >= 4 is 0 Å². The van der Waals surface area contributed by atoms with E-state index in [0.717, 1.165) is 0 Å². The smallest absolute Gasteiger partial charge is 0.0295 e. The van der Waals surface area contributed by atoms with Crippen molar-refractivity contribution in [3.05, 3.63) is 71.8 Å². The summed E-state index contributed by atoms with van der Waals surface area (Å²) in [5.74, 6) is 0.396. The van der Waals surface area contributed by atoms with Crippen LogP contribution in [0.1, 0.15) is 36.9 Å². The fraction of sp³-hybridized carbons (Fsp3) is 0.333. The molecule has 3 unspecified atom stereocenters. The first-order chi connectivity index (χ1) is 9.72. The van der Waals surface area contributed by atoms with Gasteiger partial charge in [-0.05, 0) is 24.0 Å². The van der Waals surface area contributed by atoms with Crippen molar-refractivity contribution in [2.75, 3.05) is 6.54 Å². The second-order valence-corrected chi connectivity index (χ2v) is 5.34. The molecule has 2 aromatic rings. The molecule has 0 bridgehead atoms. The number of hydrogen-bond donors (Lipinski definition) is 2. The molecule has 2 aromatic carbocycles. The summed E-state index contributed by atoms with van der Waals surface area (Å²) in [6.07, 6.45) is 0. The second kappa shape index (κ2) is 7.22. The zero-order chi connectivity index (χ0) is 14.4. The minimum atomic E-state index is 0.271. The van der Waals surface area contributed by atoms with Gasteiger partial charge in [-0.2, -0.15) is 0 Å². The standard InChI is InChI=1S/C18H24N2/c1-14(16-9-5-3-6-10-16)18(13-19)20-15(2)17-11-7-4-8-12-17/h3-12,14-15,18,20H,13,19H2,1-2H3. The third-order valence-corrected chi connectivity index (χ3v) is 3.95. The van der Waals surface area contributed by atoms with E-state index in [1.165, 1.54) is 11.1 Å². The summed E-state index contributed by atoms with van der Waals surface area (Å²) in [7, 11) is 0. The summed E-state index contributed by atoms with van der Waals surface area (Å²) in [4.78, 5) is 0. The largest absolute Gasteiger partial charge is 0.329 e. The van der Waals surface area contributed by atoms with E-state index < -0.39 is 0 Å². The minimum Gasteiger partial charge on any atom is -0.329 e. The van der Waals surface area contributed by atoms with Gasteiger partial charge in [-0.15, -0.1) is 0 Å². The van der Waals surface area contributed by atoms with Gasteiger partial charge in [0.1, 0.15) is 0 Å². The maximum Gasteiger partial charge on any atom is 0.0295 e. The first-order valence-electron chi connectivity index (χ1n) is 7.28. The van der Waals surface area contributed by atoms with Gasteiger partial charge in [0.2, 0.25) is 0 Å². The number of hydrogen-bond acceptors (Lipinski definition) is 2. The van der Waals surface area contributed by atoms with E-state index in [4.69, 9.17) is 5.73 Å². The summed E-state index contributed by atoms with van der Waals surface area (Å²) in [5, 5.41) is 3.66. The molecule has 2 rings (SSSR count). The molecule has 0 aliphatic carbocycles. The molecule has 2 nitrogen and oxygen atoms in total. The summed E-state index contributed by atoms with van der Waals surface area (Å²) < 4.78 is 0. The van der Waals surface area contributed by atoms with Crippen molar-refractivity contribution in [1.29, 1.82) is 0 Å². The van der Waals surface area contributed by atoms with Gasteiger partial charge in [-0.3, -0.25) is 0 Å². The summed E-state index contributed by atoms with van der Waals surface area (Å²) in [5.41, 5.74) is 8.60. The molecule has 0 aliphatic rings. The highest BCUT2D eigenvalue weighted by Gasteiger charge is 2.19. The first-order valence-corrected chi connectivity index (χ1v) is 7.28. The van der Waals surface area contributed by atoms with Crippen LogP contribution < -0.4 is 11.1 Å². The van der Waals surface area contributed by atoms with E-state index in [2.05, 4.69) is 67.7 Å². The normalized spacial score (nSPS) is 15.6. The lowest BCUT2D eigenvalue weighted by atomic mass is 9.92. The Balaban J connectivity index is 2.05. The van der Waals surface area contributed by atoms with Gasteiger partial charge in [0.25, 0.3) is 0 Å². The third kappa shape index (κ3) is 3.69. The van der Waals surface area contributed by atoms with Crippen LogP contribution in [0.3, 0.4) is 0 Å². The highest BCUT2D eigenvalue weighted by molar-refractivity contribution is 5.22. The predicted molar refractivity (Wildman–Crippen MR) is 85.7 cm³/mol. The van der Waals surface area contributed by atoms with Crippen LogP contribution in [-0.4, -0.2) is 12.6 Å². The zero-order valence-electron chi connectivity index (χ0n) is 12.3. The molecule has 3 N–H and O–H groups in total. The maximum atomic E-state index is 5.97. The Labute approximate surface area is 122 Å². The lowest BCUT2D eigenvalue weighted by molar-refractivity contribution is 0.412. The molecule has 0 saturated carbocycles. The fourth-order valence-corrected chi connectivity index (χ4v) is 2.56. The van der Waals surface area contributed by atoms with Crippen molar-refractivity contribution in [1.82, 2.24) is 5.32 Å². The number of nitrogens with two attached hydrogens (primary N) is 1. The molecule has 3 atom stereocenters. The lowest BCUT2D eigenvalue weighted by Gasteiger charge is -2.28. The Hall–Kier alpha value is -1.64. The molecular weight excluding hydrogens is 244 g/mol. The third-order valence-electron chi connectivity index (χ3n) is 3.95. The van der Waals surface area contributed by atoms with Crippen LogP contribution in [0, 0.1) is 0 Å². The fourth-order valence-electron chi connectivity index (χ4n) is 2.56. The van der Waals surface area contributed by atoms with E-state index >= 15 is 0 Å². The lowest BCUT2D eigenvalue weighted by Crippen LogP contribution is -2.41. The van der Waals surface area contributed by atoms with Crippen LogP contribution >= 0.6 is 0 Å². The van der Waals surface area contributed by atoms with Crippen LogP contribution in [-0.2, 0) is 0 Å². The van der Waals surface area contributed by atoms with E-state index in [9.17, 15) is 0 Å². The van der Waals surface area contributed by atoms with Crippen LogP contribution in [0.25, 0.3) is 0 Å². The number of rotatable bonds is 6. The van der Waals surface area contributed by atoms with Crippen molar-refractivity contribution in [3.8, 4) is 0 Å². The number of benzene rings is 2. The van der Waals surface area contributed by atoms with E-state index in [1.54, 1.807) is 0 Å². The molecule has 0 aromatic heterocycles. The molecule has 0 heterocycles. The molecule has 0 amide bonds. The van der Waals surface area contributed by atoms with Crippen molar-refractivity contribution in [3.63, 3.8) is 0 Å². The zero-order valence-corrected chi connectivity index (χ0v) is 12.3. The SMILES string of the molecule is CC(NC(CN)C(C)c1ccccc1)c1ccccc1. The molecule has 0 radical (unpaired) electrons. The molecule has 0 fully saturated rings. The highest BCUT2D eigenvalue weighted by Crippen LogP contribution is 2.21. The Kier molecular flexibility index (Phi) is 5.33. The van der Waals surface area contributed by atoms with Crippen LogP contribution in [0.4, 0.5) is 0 Å². The molecule has 0 spiro atoms. The maximum absolute atomic E-state index is 5.97. The van der Waals surface area contributed by atoms with E-state index in [-0.39, 0.29) is 6.04 Å². The van der Waals surface area contributed by atoms with E-state index in [0.29, 0.717) is 18.5 Å². The average Bonchev–Trinajstić information content (AvgIpc) is 2.53. The predicted octanol–water partition coefficient (Wildman–Crippen LogP) is 3.47. The van der Waals surface area contributed by atoms with Gasteiger partial charge < -0.3 is 11.1 Å². The van der Waals surface area contributed by atoms with Gasteiger partial charge in [-0.25, -0.2) is 0 Å². The van der Waals surface area contributed by atoms with E-state index in [1.807, 2.05) is 12.1 Å². The highest BCUT2D eigenvalue weighted by atomic mass is 15.0. The summed E-state index contributed by atoms with van der Waals surface area (Å²) in [6.45, 7) is 5.06. The molecule has 0 aliphatic heterocycles. The molecule has 2 heteroatoms. The van der Waals surface area contributed by atoms with Crippen LogP contribution in [0.15, 0.2) is 60.7 Å². The van der Waals surface area contributed by atoms with Gasteiger partial charge >= 0.3 is 0 Å². The van der Waals surface area contributed by atoms with Gasteiger partial charge in [0, 0.05) is 18.6 Å². The molecular formula is C18H24N2. The monoisotopic (exact) mass is 268 g/mol. The average molecular weight is 268 g/mol. The quantitative estimate of drug-likeness (QED) is 0.842. The first kappa shape index (κ1) is 14.8. The molecule has 106 valence electrons. The van der Waals surface area contributed by atoms with Crippen LogP contribution in [0.2, 0.25) is 0 Å². The summed E-state index contributed by atoms with van der Waals surface area (Å²) >= 11 is 0. The van der Waals surface area contributed by atoms with Crippen molar-refractivity contribution < 1.29 is 0 Å². The summed E-state index contributed by atoms with van der Waals surface area (Å²) in [6, 6.07) is 21.6. The topological polar surface area (TPSA) is 38.0 Å². The van der Waals surface area contributed by atoms with Gasteiger partial charge in [0.15, 0.2) is 0 Å². The Bertz CT molecular complexity index is 495. The number of nitrogens with one attached hydrogen (secondary N) is 1. The minimum absolute atomic E-state index is 0.271. The van der Waals surface area contributed by atoms with Gasteiger partial charge in [0.05, 0.1) is 0 Å². The Morgan fingerprint density at radius 2 is 1.35 bits per heavy atom. The van der Waals surface area contributed by atoms with Crippen molar-refractivity contribution in [2.24, 2.45) is 5.73 Å². The van der Waals surface area contributed by atoms with Gasteiger partial charge in [-0.1, -0.05) is 67.6 Å². The van der Waals surface area contributed by atoms with Crippen LogP contribution in [0.5, 0.6) is 0 Å². The molecule has 0 saturated heterocycles. The second-order valence-electron chi connectivity index (χ2n) is 5.34. The van der Waals surface area contributed by atoms with Crippen molar-refractivity contribution in [2.45, 2.75) is 31.8 Å². The molecule has 20 heavy (non-hydrogen) atoms.